The molecule has 4 aromatic rings. The Labute approximate surface area is 197 Å². The molecule has 4 rings (SSSR count). The minimum absolute atomic E-state index is 0. The summed E-state index contributed by atoms with van der Waals surface area (Å²) < 4.78 is 14.9. The maximum Gasteiger partial charge on any atom is 0.263 e. The molecule has 0 radical (unpaired) electrons. The Kier molecular flexibility index (Phi) is 7.92. The van der Waals surface area contributed by atoms with E-state index in [2.05, 4.69) is 10.3 Å². The lowest BCUT2D eigenvalue weighted by Crippen LogP contribution is -2.34. The van der Waals surface area contributed by atoms with Crippen LogP contribution in [0.15, 0.2) is 83.9 Å². The molecule has 6 nitrogen and oxygen atoms in total. The van der Waals surface area contributed by atoms with Crippen molar-refractivity contribution < 1.29 is 4.39 Å². The molecule has 2 aromatic carbocycles. The standard InChI is InChI=1S/C25H24FN5O.ClH/c1-31-24(32)22(18-7-9-20(26)10-8-18)23(19-11-13-28-14-12-19)30-25(31)29-16-21(27)15-17-5-3-2-4-6-17;/h2-14,21H,15-16,27H2,1H3,(H,29,30);1H. The minimum atomic E-state index is -0.366. The van der Waals surface area contributed by atoms with E-state index in [1.165, 1.54) is 16.7 Å². The molecule has 3 N–H and O–H groups in total. The first-order chi connectivity index (χ1) is 15.5. The van der Waals surface area contributed by atoms with E-state index in [-0.39, 0.29) is 29.8 Å². The van der Waals surface area contributed by atoms with E-state index in [0.717, 1.165) is 11.1 Å². The van der Waals surface area contributed by atoms with Crippen LogP contribution in [0.1, 0.15) is 5.56 Å². The lowest BCUT2D eigenvalue weighted by atomic mass is 10.0. The Morgan fingerprint density at radius 2 is 1.67 bits per heavy atom. The number of nitrogens with one attached hydrogen (secondary N) is 1. The van der Waals surface area contributed by atoms with Crippen molar-refractivity contribution in [3.05, 3.63) is 101 Å². The van der Waals surface area contributed by atoms with Gasteiger partial charge in [-0.25, -0.2) is 9.37 Å². The zero-order valence-corrected chi connectivity index (χ0v) is 18.9. The number of rotatable bonds is 7. The van der Waals surface area contributed by atoms with Gasteiger partial charge in [0.15, 0.2) is 0 Å². The number of benzene rings is 2. The molecule has 0 aliphatic rings. The second-order valence-electron chi connectivity index (χ2n) is 7.60. The van der Waals surface area contributed by atoms with E-state index < -0.39 is 0 Å². The predicted octanol–water partition coefficient (Wildman–Crippen LogP) is 4.05. The lowest BCUT2D eigenvalue weighted by Gasteiger charge is -2.18. The maximum absolute atomic E-state index is 13.5. The molecule has 0 saturated carbocycles. The van der Waals surface area contributed by atoms with E-state index in [0.29, 0.717) is 35.7 Å². The van der Waals surface area contributed by atoms with Gasteiger partial charge in [0.2, 0.25) is 5.95 Å². The highest BCUT2D eigenvalue weighted by molar-refractivity contribution is 5.85. The summed E-state index contributed by atoms with van der Waals surface area (Å²) in [6, 6.07) is 19.3. The van der Waals surface area contributed by atoms with Crippen LogP contribution in [0.3, 0.4) is 0 Å². The summed E-state index contributed by atoms with van der Waals surface area (Å²) >= 11 is 0. The van der Waals surface area contributed by atoms with Crippen LogP contribution in [0.5, 0.6) is 0 Å². The fourth-order valence-electron chi connectivity index (χ4n) is 3.57. The van der Waals surface area contributed by atoms with Crippen LogP contribution in [-0.4, -0.2) is 27.1 Å². The van der Waals surface area contributed by atoms with Gasteiger partial charge in [-0.3, -0.25) is 14.3 Å². The molecular weight excluding hydrogens is 441 g/mol. The van der Waals surface area contributed by atoms with Gasteiger partial charge >= 0.3 is 0 Å². The third-order valence-electron chi connectivity index (χ3n) is 5.24. The van der Waals surface area contributed by atoms with Crippen LogP contribution in [0.2, 0.25) is 0 Å². The third-order valence-corrected chi connectivity index (χ3v) is 5.24. The fourth-order valence-corrected chi connectivity index (χ4v) is 3.57. The molecule has 0 aliphatic carbocycles. The fraction of sp³-hybridized carbons (Fsp3) is 0.160. The Bertz CT molecular complexity index is 1250. The number of hydrogen-bond donors (Lipinski definition) is 2. The number of nitrogens with two attached hydrogens (primary N) is 1. The highest BCUT2D eigenvalue weighted by Crippen LogP contribution is 2.28. The average Bonchev–Trinajstić information content (AvgIpc) is 2.82. The first-order valence-electron chi connectivity index (χ1n) is 10.3. The molecular formula is C25H25ClFN5O. The van der Waals surface area contributed by atoms with Gasteiger partial charge in [0.1, 0.15) is 5.82 Å². The number of pyridine rings is 1. The summed E-state index contributed by atoms with van der Waals surface area (Å²) in [5.74, 6) is 0.0471. The second kappa shape index (κ2) is 10.8. The molecule has 0 fully saturated rings. The highest BCUT2D eigenvalue weighted by atomic mass is 35.5. The zero-order valence-electron chi connectivity index (χ0n) is 18.1. The lowest BCUT2D eigenvalue weighted by molar-refractivity contribution is 0.628. The van der Waals surface area contributed by atoms with Gasteiger partial charge in [-0.15, -0.1) is 12.4 Å². The SMILES string of the molecule is Cl.Cn1c(NCC(N)Cc2ccccc2)nc(-c2ccncc2)c(-c2ccc(F)cc2)c1=O. The van der Waals surface area contributed by atoms with Crippen molar-refractivity contribution in [2.75, 3.05) is 11.9 Å². The van der Waals surface area contributed by atoms with Gasteiger partial charge in [0.05, 0.1) is 11.3 Å². The Morgan fingerprint density at radius 1 is 1.00 bits per heavy atom. The normalized spacial score (nSPS) is 11.5. The van der Waals surface area contributed by atoms with Crippen molar-refractivity contribution in [3.63, 3.8) is 0 Å². The van der Waals surface area contributed by atoms with Gasteiger partial charge in [-0.2, -0.15) is 0 Å². The average molecular weight is 466 g/mol. The van der Waals surface area contributed by atoms with Crippen molar-refractivity contribution in [2.24, 2.45) is 12.8 Å². The molecule has 0 aliphatic heterocycles. The first-order valence-corrected chi connectivity index (χ1v) is 10.3. The quantitative estimate of drug-likeness (QED) is 0.430. The number of hydrogen-bond acceptors (Lipinski definition) is 5. The van der Waals surface area contributed by atoms with Crippen LogP contribution in [0, 0.1) is 5.82 Å². The van der Waals surface area contributed by atoms with Crippen LogP contribution in [-0.2, 0) is 13.5 Å². The summed E-state index contributed by atoms with van der Waals surface area (Å²) in [6.45, 7) is 0.445. The molecule has 1 unspecified atom stereocenters. The number of aromatic nitrogens is 3. The van der Waals surface area contributed by atoms with Crippen molar-refractivity contribution in [3.8, 4) is 22.4 Å². The van der Waals surface area contributed by atoms with Crippen LogP contribution in [0.4, 0.5) is 10.3 Å². The number of anilines is 1. The molecule has 0 saturated heterocycles. The number of halogens is 2. The monoisotopic (exact) mass is 465 g/mol. The van der Waals surface area contributed by atoms with Crippen molar-refractivity contribution in [1.82, 2.24) is 14.5 Å². The summed E-state index contributed by atoms with van der Waals surface area (Å²) in [7, 11) is 1.66. The van der Waals surface area contributed by atoms with Crippen molar-refractivity contribution in [1.29, 1.82) is 0 Å². The molecule has 2 aromatic heterocycles. The molecule has 33 heavy (non-hydrogen) atoms. The predicted molar refractivity (Wildman–Crippen MR) is 132 cm³/mol. The van der Waals surface area contributed by atoms with E-state index in [9.17, 15) is 9.18 Å². The van der Waals surface area contributed by atoms with Gasteiger partial charge in [-0.1, -0.05) is 42.5 Å². The van der Waals surface area contributed by atoms with Crippen LogP contribution < -0.4 is 16.6 Å². The Hall–Kier alpha value is -3.55. The van der Waals surface area contributed by atoms with Gasteiger partial charge < -0.3 is 11.1 Å². The maximum atomic E-state index is 13.5. The molecule has 0 amide bonds. The molecule has 0 spiro atoms. The first kappa shape index (κ1) is 24.1. The summed E-state index contributed by atoms with van der Waals surface area (Å²) in [4.78, 5) is 22.2. The molecule has 2 heterocycles. The minimum Gasteiger partial charge on any atom is -0.354 e. The van der Waals surface area contributed by atoms with E-state index in [4.69, 9.17) is 10.7 Å². The van der Waals surface area contributed by atoms with E-state index >= 15 is 0 Å². The zero-order chi connectivity index (χ0) is 22.5. The smallest absolute Gasteiger partial charge is 0.263 e. The number of nitrogens with zero attached hydrogens (tertiary/aromatic N) is 3. The van der Waals surface area contributed by atoms with Crippen LogP contribution >= 0.6 is 12.4 Å². The van der Waals surface area contributed by atoms with Gasteiger partial charge in [-0.05, 0) is 41.8 Å². The summed E-state index contributed by atoms with van der Waals surface area (Å²) in [5.41, 5.74) is 9.45. The summed E-state index contributed by atoms with van der Waals surface area (Å²) in [5, 5.41) is 3.22. The summed E-state index contributed by atoms with van der Waals surface area (Å²) in [6.07, 6.45) is 3.99. The van der Waals surface area contributed by atoms with E-state index in [1.54, 1.807) is 43.7 Å². The van der Waals surface area contributed by atoms with Crippen molar-refractivity contribution >= 4 is 18.4 Å². The van der Waals surface area contributed by atoms with Crippen LogP contribution in [0.25, 0.3) is 22.4 Å². The Balaban J connectivity index is 0.00000306. The van der Waals surface area contributed by atoms with Gasteiger partial charge in [0.25, 0.3) is 5.56 Å². The third kappa shape index (κ3) is 5.63. The molecule has 170 valence electrons. The molecule has 0 bridgehead atoms. The largest absolute Gasteiger partial charge is 0.354 e. The topological polar surface area (TPSA) is 85.8 Å². The Morgan fingerprint density at radius 3 is 2.33 bits per heavy atom. The van der Waals surface area contributed by atoms with Crippen molar-refractivity contribution in [2.45, 2.75) is 12.5 Å². The molecule has 8 heteroatoms. The van der Waals surface area contributed by atoms with E-state index in [1.807, 2.05) is 30.3 Å². The second-order valence-corrected chi connectivity index (χ2v) is 7.60. The molecule has 1 atom stereocenters. The van der Waals surface area contributed by atoms with Gasteiger partial charge in [0, 0.05) is 37.6 Å². The highest BCUT2D eigenvalue weighted by Gasteiger charge is 2.18.